The van der Waals surface area contributed by atoms with Crippen LogP contribution in [-0.4, -0.2) is 19.3 Å². The van der Waals surface area contributed by atoms with Crippen LogP contribution in [0.3, 0.4) is 0 Å². The molecule has 2 nitrogen and oxygen atoms in total. The maximum Gasteiger partial charge on any atom is 0.0469 e. The molecule has 2 N–H and O–H groups in total. The van der Waals surface area contributed by atoms with Crippen LogP contribution < -0.4 is 5.73 Å². The average Bonchev–Trinajstić information content (AvgIpc) is 2.05. The molecule has 0 aromatic carbocycles. The molecule has 0 radical (unpaired) electrons. The van der Waals surface area contributed by atoms with Crippen molar-refractivity contribution in [3.63, 3.8) is 0 Å². The molecule has 1 heterocycles. The first-order valence-corrected chi connectivity index (χ1v) is 4.68. The van der Waals surface area contributed by atoms with Crippen molar-refractivity contribution in [1.82, 2.24) is 0 Å². The molecule has 1 unspecified atom stereocenters. The van der Waals surface area contributed by atoms with Crippen molar-refractivity contribution in [1.29, 1.82) is 0 Å². The van der Waals surface area contributed by atoms with Gasteiger partial charge in [-0.3, -0.25) is 0 Å². The number of hydrogen-bond acceptors (Lipinski definition) is 2. The van der Waals surface area contributed by atoms with Gasteiger partial charge in [0.2, 0.25) is 0 Å². The van der Waals surface area contributed by atoms with Gasteiger partial charge in [-0.15, -0.1) is 6.58 Å². The van der Waals surface area contributed by atoms with E-state index in [1.165, 1.54) is 5.57 Å². The number of hydrogen-bond donors (Lipinski definition) is 1. The Morgan fingerprint density at radius 1 is 1.58 bits per heavy atom. The highest BCUT2D eigenvalue weighted by Crippen LogP contribution is 2.20. The van der Waals surface area contributed by atoms with Crippen LogP contribution >= 0.6 is 0 Å². The molecule has 1 atom stereocenters. The van der Waals surface area contributed by atoms with Crippen molar-refractivity contribution < 1.29 is 4.74 Å². The van der Waals surface area contributed by atoms with Gasteiger partial charge in [-0.05, 0) is 32.1 Å². The van der Waals surface area contributed by atoms with Crippen molar-refractivity contribution in [3.05, 3.63) is 12.2 Å². The lowest BCUT2D eigenvalue weighted by Gasteiger charge is -2.27. The summed E-state index contributed by atoms with van der Waals surface area (Å²) >= 11 is 0. The molecule has 0 spiro atoms. The van der Waals surface area contributed by atoms with Crippen LogP contribution in [0.15, 0.2) is 12.2 Å². The molecule has 0 aliphatic carbocycles. The Kier molecular flexibility index (Phi) is 3.76. The summed E-state index contributed by atoms with van der Waals surface area (Å²) in [5, 5.41) is 0. The first-order chi connectivity index (χ1) is 5.70. The van der Waals surface area contributed by atoms with Gasteiger partial charge in [-0.2, -0.15) is 0 Å². The van der Waals surface area contributed by atoms with Crippen LogP contribution in [0.5, 0.6) is 0 Å². The van der Waals surface area contributed by atoms with Crippen molar-refractivity contribution in [2.45, 2.75) is 32.2 Å². The summed E-state index contributed by atoms with van der Waals surface area (Å²) in [4.78, 5) is 0. The number of ether oxygens (including phenoxy) is 1. The summed E-state index contributed by atoms with van der Waals surface area (Å²) in [6.07, 6.45) is 3.20. The zero-order valence-electron chi connectivity index (χ0n) is 7.88. The fourth-order valence-corrected chi connectivity index (χ4v) is 1.71. The van der Waals surface area contributed by atoms with Gasteiger partial charge in [-0.1, -0.05) is 5.57 Å². The van der Waals surface area contributed by atoms with Crippen LogP contribution in [0.25, 0.3) is 0 Å². The minimum absolute atomic E-state index is 0.298. The lowest BCUT2D eigenvalue weighted by molar-refractivity contribution is 0.0585. The Bertz CT molecular complexity index is 150. The highest BCUT2D eigenvalue weighted by molar-refractivity contribution is 4.94. The molecule has 1 fully saturated rings. The molecule has 1 rings (SSSR count). The Labute approximate surface area is 74.8 Å². The van der Waals surface area contributed by atoms with E-state index in [0.717, 1.165) is 32.5 Å². The second-order valence-corrected chi connectivity index (χ2v) is 3.77. The van der Waals surface area contributed by atoms with E-state index in [2.05, 4.69) is 6.58 Å². The third kappa shape index (κ3) is 2.95. The predicted molar refractivity (Wildman–Crippen MR) is 50.9 cm³/mol. The van der Waals surface area contributed by atoms with Gasteiger partial charge >= 0.3 is 0 Å². The lowest BCUT2D eigenvalue weighted by atomic mass is 9.89. The Morgan fingerprint density at radius 3 is 2.67 bits per heavy atom. The molecule has 0 aromatic heterocycles. The lowest BCUT2D eigenvalue weighted by Crippen LogP contribution is -2.34. The van der Waals surface area contributed by atoms with E-state index in [9.17, 15) is 0 Å². The molecule has 0 bridgehead atoms. The van der Waals surface area contributed by atoms with Gasteiger partial charge in [0.05, 0.1) is 0 Å². The van der Waals surface area contributed by atoms with Gasteiger partial charge < -0.3 is 10.5 Å². The van der Waals surface area contributed by atoms with Crippen molar-refractivity contribution in [3.8, 4) is 0 Å². The van der Waals surface area contributed by atoms with Crippen molar-refractivity contribution >= 4 is 0 Å². The molecule has 0 aromatic rings. The van der Waals surface area contributed by atoms with Gasteiger partial charge in [0.1, 0.15) is 0 Å². The summed E-state index contributed by atoms with van der Waals surface area (Å²) < 4.78 is 5.28. The van der Waals surface area contributed by atoms with Gasteiger partial charge in [0.15, 0.2) is 0 Å². The molecular weight excluding hydrogens is 150 g/mol. The zero-order chi connectivity index (χ0) is 8.97. The first kappa shape index (κ1) is 9.75. The minimum atomic E-state index is 0.298. The minimum Gasteiger partial charge on any atom is -0.381 e. The highest BCUT2D eigenvalue weighted by atomic mass is 16.5. The van der Waals surface area contributed by atoms with Gasteiger partial charge in [0.25, 0.3) is 0 Å². The fourth-order valence-electron chi connectivity index (χ4n) is 1.71. The third-order valence-electron chi connectivity index (χ3n) is 2.46. The molecule has 1 aliphatic rings. The van der Waals surface area contributed by atoms with Crippen LogP contribution in [0.2, 0.25) is 0 Å². The van der Waals surface area contributed by atoms with E-state index >= 15 is 0 Å². The largest absolute Gasteiger partial charge is 0.381 e. The monoisotopic (exact) mass is 169 g/mol. The van der Waals surface area contributed by atoms with E-state index in [1.807, 2.05) is 6.92 Å². The van der Waals surface area contributed by atoms with Crippen LogP contribution in [0.1, 0.15) is 26.2 Å². The molecule has 0 saturated carbocycles. The van der Waals surface area contributed by atoms with E-state index in [4.69, 9.17) is 10.5 Å². The maximum atomic E-state index is 6.03. The molecule has 1 aliphatic heterocycles. The summed E-state index contributed by atoms with van der Waals surface area (Å²) in [6, 6.07) is 0.298. The van der Waals surface area contributed by atoms with Crippen LogP contribution in [-0.2, 0) is 4.74 Å². The molecule has 2 heteroatoms. The second kappa shape index (κ2) is 4.63. The molecule has 70 valence electrons. The van der Waals surface area contributed by atoms with Gasteiger partial charge in [-0.25, -0.2) is 0 Å². The highest BCUT2D eigenvalue weighted by Gasteiger charge is 2.20. The van der Waals surface area contributed by atoms with Crippen LogP contribution in [0.4, 0.5) is 0 Å². The predicted octanol–water partition coefficient (Wildman–Crippen LogP) is 1.71. The van der Waals surface area contributed by atoms with E-state index in [1.54, 1.807) is 0 Å². The van der Waals surface area contributed by atoms with Crippen molar-refractivity contribution in [2.24, 2.45) is 11.7 Å². The van der Waals surface area contributed by atoms with Crippen LogP contribution in [0, 0.1) is 5.92 Å². The standard InChI is InChI=1S/C10H19NO/c1-8(2)7-10(11)9-3-5-12-6-4-9/h9-10H,1,3-7,11H2,2H3. The fraction of sp³-hybridized carbons (Fsp3) is 0.800. The van der Waals surface area contributed by atoms with Crippen molar-refractivity contribution in [2.75, 3.05) is 13.2 Å². The van der Waals surface area contributed by atoms with E-state index < -0.39 is 0 Å². The molecule has 0 amide bonds. The van der Waals surface area contributed by atoms with Gasteiger partial charge in [0, 0.05) is 19.3 Å². The second-order valence-electron chi connectivity index (χ2n) is 3.77. The van der Waals surface area contributed by atoms with E-state index in [-0.39, 0.29) is 0 Å². The third-order valence-corrected chi connectivity index (χ3v) is 2.46. The summed E-state index contributed by atoms with van der Waals surface area (Å²) in [6.45, 7) is 7.69. The Hall–Kier alpha value is -0.340. The average molecular weight is 169 g/mol. The van der Waals surface area contributed by atoms with E-state index in [0.29, 0.717) is 12.0 Å². The Morgan fingerprint density at radius 2 is 2.17 bits per heavy atom. The molecular formula is C10H19NO. The normalized spacial score (nSPS) is 22.2. The SMILES string of the molecule is C=C(C)CC(N)C1CCOCC1. The zero-order valence-corrected chi connectivity index (χ0v) is 7.88. The topological polar surface area (TPSA) is 35.2 Å². The quantitative estimate of drug-likeness (QED) is 0.653. The summed E-state index contributed by atoms with van der Waals surface area (Å²) in [5.74, 6) is 0.649. The summed E-state index contributed by atoms with van der Waals surface area (Å²) in [7, 11) is 0. The maximum absolute atomic E-state index is 6.03. The molecule has 1 saturated heterocycles. The summed E-state index contributed by atoms with van der Waals surface area (Å²) in [5.41, 5.74) is 7.22. The number of nitrogens with two attached hydrogens (primary N) is 1. The smallest absolute Gasteiger partial charge is 0.0469 e. The first-order valence-electron chi connectivity index (χ1n) is 4.68. The molecule has 12 heavy (non-hydrogen) atoms. The Balaban J connectivity index is 2.29. The number of rotatable bonds is 3.